The van der Waals surface area contributed by atoms with Crippen molar-refractivity contribution >= 4 is 18.3 Å². The van der Waals surface area contributed by atoms with Crippen LogP contribution in [0.2, 0.25) is 0 Å². The lowest BCUT2D eigenvalue weighted by Gasteiger charge is -2.20. The molecule has 2 aliphatic heterocycles. The summed E-state index contributed by atoms with van der Waals surface area (Å²) in [6.45, 7) is 5.85. The van der Waals surface area contributed by atoms with Crippen LogP contribution >= 0.6 is 12.4 Å². The van der Waals surface area contributed by atoms with Crippen LogP contribution < -0.4 is 5.32 Å². The predicted octanol–water partition coefficient (Wildman–Crippen LogP) is 2.67. The summed E-state index contributed by atoms with van der Waals surface area (Å²) in [5, 5.41) is 8.02. The van der Waals surface area contributed by atoms with Crippen molar-refractivity contribution in [3.05, 3.63) is 47.8 Å². The van der Waals surface area contributed by atoms with Crippen LogP contribution in [0.5, 0.6) is 0 Å². The predicted molar refractivity (Wildman–Crippen MR) is 101 cm³/mol. The first-order valence-corrected chi connectivity index (χ1v) is 8.84. The average molecular weight is 361 g/mol. The van der Waals surface area contributed by atoms with Crippen LogP contribution in [0, 0.1) is 18.8 Å². The molecule has 6 heteroatoms. The first kappa shape index (κ1) is 18.0. The number of hydrogen-bond acceptors (Lipinski definition) is 3. The Morgan fingerprint density at radius 1 is 1.12 bits per heavy atom. The topological polar surface area (TPSA) is 50.2 Å². The highest BCUT2D eigenvalue weighted by atomic mass is 35.5. The van der Waals surface area contributed by atoms with Gasteiger partial charge in [0.05, 0.1) is 16.9 Å². The third-order valence-electron chi connectivity index (χ3n) is 5.46. The number of nitrogens with one attached hydrogen (secondary N) is 1. The van der Waals surface area contributed by atoms with E-state index < -0.39 is 0 Å². The quantitative estimate of drug-likeness (QED) is 0.895. The molecule has 5 nitrogen and oxygen atoms in total. The number of aryl methyl sites for hydroxylation is 1. The molecule has 2 saturated heterocycles. The Balaban J connectivity index is 0.00000182. The number of amides is 1. The summed E-state index contributed by atoms with van der Waals surface area (Å²) in [6, 6.07) is 9.95. The van der Waals surface area contributed by atoms with E-state index in [0.29, 0.717) is 0 Å². The van der Waals surface area contributed by atoms with E-state index in [1.807, 2.05) is 48.4 Å². The smallest absolute Gasteiger partial charge is 0.257 e. The molecule has 0 saturated carbocycles. The van der Waals surface area contributed by atoms with Crippen LogP contribution in [0.4, 0.5) is 0 Å². The molecule has 2 aromatic rings. The molecule has 1 aromatic heterocycles. The van der Waals surface area contributed by atoms with Gasteiger partial charge in [0.15, 0.2) is 0 Å². The fraction of sp³-hybridized carbons (Fsp3) is 0.474. The molecule has 3 heterocycles. The molecule has 1 N–H and O–H groups in total. The first-order chi connectivity index (χ1) is 11.7. The Hall–Kier alpha value is -1.85. The van der Waals surface area contributed by atoms with Crippen molar-refractivity contribution < 1.29 is 4.79 Å². The number of hydrogen-bond donors (Lipinski definition) is 1. The van der Waals surface area contributed by atoms with Gasteiger partial charge in [0, 0.05) is 19.3 Å². The number of halogens is 1. The van der Waals surface area contributed by atoms with Gasteiger partial charge < -0.3 is 10.2 Å². The summed E-state index contributed by atoms with van der Waals surface area (Å²) in [4.78, 5) is 15.0. The fourth-order valence-corrected chi connectivity index (χ4v) is 3.97. The van der Waals surface area contributed by atoms with Crippen molar-refractivity contribution in [1.29, 1.82) is 0 Å². The number of carbonyl (C=O) groups is 1. The number of para-hydroxylation sites is 1. The molecule has 25 heavy (non-hydrogen) atoms. The second-order valence-electron chi connectivity index (χ2n) is 6.96. The van der Waals surface area contributed by atoms with E-state index in [4.69, 9.17) is 0 Å². The lowest BCUT2D eigenvalue weighted by atomic mass is 9.92. The average Bonchev–Trinajstić information content (AvgIpc) is 3.17. The van der Waals surface area contributed by atoms with Crippen LogP contribution in [0.15, 0.2) is 36.5 Å². The van der Waals surface area contributed by atoms with E-state index >= 15 is 0 Å². The van der Waals surface area contributed by atoms with Gasteiger partial charge in [-0.1, -0.05) is 18.2 Å². The largest absolute Gasteiger partial charge is 0.339 e. The summed E-state index contributed by atoms with van der Waals surface area (Å²) in [5.41, 5.74) is 2.51. The van der Waals surface area contributed by atoms with Gasteiger partial charge in [0.25, 0.3) is 5.91 Å². The van der Waals surface area contributed by atoms with Crippen molar-refractivity contribution in [2.45, 2.75) is 19.8 Å². The highest BCUT2D eigenvalue weighted by molar-refractivity contribution is 5.95. The molecular formula is C19H25ClN4O. The van der Waals surface area contributed by atoms with E-state index in [2.05, 4.69) is 10.4 Å². The van der Waals surface area contributed by atoms with Crippen molar-refractivity contribution in [1.82, 2.24) is 20.0 Å². The first-order valence-electron chi connectivity index (χ1n) is 8.84. The van der Waals surface area contributed by atoms with Crippen LogP contribution in [0.25, 0.3) is 5.69 Å². The zero-order chi connectivity index (χ0) is 16.5. The summed E-state index contributed by atoms with van der Waals surface area (Å²) in [7, 11) is 0. The molecule has 0 bridgehead atoms. The zero-order valence-corrected chi connectivity index (χ0v) is 15.3. The van der Waals surface area contributed by atoms with Gasteiger partial charge in [0.1, 0.15) is 0 Å². The minimum Gasteiger partial charge on any atom is -0.339 e. The molecule has 0 aliphatic carbocycles. The van der Waals surface area contributed by atoms with Crippen LogP contribution in [-0.4, -0.2) is 46.8 Å². The van der Waals surface area contributed by atoms with Gasteiger partial charge in [-0.3, -0.25) is 4.79 Å². The molecule has 0 spiro atoms. The number of aromatic nitrogens is 2. The maximum absolute atomic E-state index is 13.0. The summed E-state index contributed by atoms with van der Waals surface area (Å²) < 4.78 is 1.80. The van der Waals surface area contributed by atoms with Gasteiger partial charge in [-0.05, 0) is 56.8 Å². The Kier molecular flexibility index (Phi) is 5.45. The molecule has 2 aliphatic rings. The molecule has 1 aromatic carbocycles. The third-order valence-corrected chi connectivity index (χ3v) is 5.46. The fourth-order valence-electron chi connectivity index (χ4n) is 3.97. The van der Waals surface area contributed by atoms with Gasteiger partial charge in [0.2, 0.25) is 0 Å². The normalized spacial score (nSPS) is 22.8. The zero-order valence-electron chi connectivity index (χ0n) is 14.5. The van der Waals surface area contributed by atoms with Crippen molar-refractivity contribution in [2.24, 2.45) is 11.8 Å². The lowest BCUT2D eigenvalue weighted by molar-refractivity contribution is 0.0758. The minimum absolute atomic E-state index is 0. The number of fused-ring (bicyclic) bond motifs is 1. The van der Waals surface area contributed by atoms with E-state index in [1.54, 1.807) is 4.68 Å². The maximum Gasteiger partial charge on any atom is 0.257 e. The number of benzene rings is 1. The standard InChI is InChI=1S/C19H24N4O.ClH/c1-14-18(13-23(21-14)17-5-3-2-4-6-17)19(24)22-9-7-15-11-20-12-16(15)8-10-22;/h2-6,13,15-16,20H,7-12H2,1H3;1H/t15-,16+;. The summed E-state index contributed by atoms with van der Waals surface area (Å²) in [5.74, 6) is 1.59. The van der Waals surface area contributed by atoms with Crippen molar-refractivity contribution in [2.75, 3.05) is 26.2 Å². The maximum atomic E-state index is 13.0. The van der Waals surface area contributed by atoms with Crippen LogP contribution in [-0.2, 0) is 0 Å². The second kappa shape index (κ2) is 7.58. The van der Waals surface area contributed by atoms with Gasteiger partial charge in [-0.25, -0.2) is 4.68 Å². The molecule has 0 unspecified atom stereocenters. The highest BCUT2D eigenvalue weighted by Crippen LogP contribution is 2.28. The number of nitrogens with zero attached hydrogens (tertiary/aromatic N) is 3. The molecule has 4 rings (SSSR count). The molecule has 1 amide bonds. The lowest BCUT2D eigenvalue weighted by Crippen LogP contribution is -2.33. The Bertz CT molecular complexity index is 716. The summed E-state index contributed by atoms with van der Waals surface area (Å²) in [6.07, 6.45) is 4.09. The molecule has 0 radical (unpaired) electrons. The van der Waals surface area contributed by atoms with E-state index in [9.17, 15) is 4.79 Å². The highest BCUT2D eigenvalue weighted by Gasteiger charge is 2.32. The molecule has 134 valence electrons. The summed E-state index contributed by atoms with van der Waals surface area (Å²) >= 11 is 0. The van der Waals surface area contributed by atoms with Crippen molar-refractivity contribution in [3.8, 4) is 5.69 Å². The van der Waals surface area contributed by atoms with Gasteiger partial charge >= 0.3 is 0 Å². The Morgan fingerprint density at radius 2 is 1.76 bits per heavy atom. The Morgan fingerprint density at radius 3 is 2.40 bits per heavy atom. The minimum atomic E-state index is 0. The molecule has 2 fully saturated rings. The monoisotopic (exact) mass is 360 g/mol. The SMILES string of the molecule is Cc1nn(-c2ccccc2)cc1C(=O)N1CC[C@@H]2CNC[C@@H]2CC1.Cl. The van der Waals surface area contributed by atoms with Crippen LogP contribution in [0.1, 0.15) is 28.9 Å². The molecule has 2 atom stereocenters. The number of carbonyl (C=O) groups excluding carboxylic acids is 1. The number of rotatable bonds is 2. The van der Waals surface area contributed by atoms with Crippen LogP contribution in [0.3, 0.4) is 0 Å². The number of likely N-dealkylation sites (tertiary alicyclic amines) is 1. The third kappa shape index (κ3) is 3.58. The van der Waals surface area contributed by atoms with Crippen molar-refractivity contribution in [3.63, 3.8) is 0 Å². The Labute approximate surface area is 154 Å². The molecular weight excluding hydrogens is 336 g/mol. The van der Waals surface area contributed by atoms with E-state index in [1.165, 1.54) is 0 Å². The van der Waals surface area contributed by atoms with E-state index in [0.717, 1.165) is 67.8 Å². The second-order valence-corrected chi connectivity index (χ2v) is 6.96. The van der Waals surface area contributed by atoms with E-state index in [-0.39, 0.29) is 18.3 Å². The van der Waals surface area contributed by atoms with Gasteiger partial charge in [-0.2, -0.15) is 5.10 Å². The van der Waals surface area contributed by atoms with Gasteiger partial charge in [-0.15, -0.1) is 12.4 Å².